The second-order valence-corrected chi connectivity index (χ2v) is 8.65. The Morgan fingerprint density at radius 3 is 2.41 bits per heavy atom. The Kier molecular flexibility index (Phi) is 8.39. The highest BCUT2D eigenvalue weighted by atomic mass is 16.6. The maximum Gasteiger partial charge on any atom is 0.332 e. The average Bonchev–Trinajstić information content (AvgIpc) is 2.80. The lowest BCUT2D eigenvalue weighted by atomic mass is 9.85. The zero-order valence-corrected chi connectivity index (χ0v) is 19.5. The van der Waals surface area contributed by atoms with Crippen molar-refractivity contribution in [2.45, 2.75) is 65.3 Å². The van der Waals surface area contributed by atoms with Crippen molar-refractivity contribution in [2.75, 3.05) is 29.9 Å². The maximum absolute atomic E-state index is 11.7. The second-order valence-electron chi connectivity index (χ2n) is 8.65. The van der Waals surface area contributed by atoms with Crippen molar-refractivity contribution in [1.29, 1.82) is 0 Å². The zero-order chi connectivity index (χ0) is 23.1. The van der Waals surface area contributed by atoms with Crippen LogP contribution in [0.3, 0.4) is 0 Å². The molecule has 2 aromatic rings. The van der Waals surface area contributed by atoms with E-state index in [0.717, 1.165) is 45.2 Å². The maximum atomic E-state index is 11.7. The van der Waals surface area contributed by atoms with E-state index < -0.39 is 0 Å². The number of benzene rings is 1. The molecule has 1 saturated carbocycles. The Morgan fingerprint density at radius 1 is 1.16 bits per heavy atom. The Hall–Kier alpha value is -2.74. The third-order valence-corrected chi connectivity index (χ3v) is 6.42. The summed E-state index contributed by atoms with van der Waals surface area (Å²) in [7, 11) is 0. The Labute approximate surface area is 190 Å². The monoisotopic (exact) mass is 440 g/mol. The van der Waals surface area contributed by atoms with Crippen LogP contribution in [-0.4, -0.2) is 40.6 Å². The van der Waals surface area contributed by atoms with Crippen LogP contribution in [0.1, 0.15) is 56.4 Å². The zero-order valence-electron chi connectivity index (χ0n) is 19.5. The third kappa shape index (κ3) is 5.73. The topological polar surface area (TPSA) is 110 Å². The molecule has 0 atom stereocenters. The normalized spacial score (nSPS) is 18.4. The van der Waals surface area contributed by atoms with Crippen LogP contribution in [0.2, 0.25) is 0 Å². The van der Waals surface area contributed by atoms with E-state index in [1.165, 1.54) is 11.1 Å². The van der Waals surface area contributed by atoms with E-state index in [1.807, 2.05) is 13.8 Å². The summed E-state index contributed by atoms with van der Waals surface area (Å²) in [5, 5.41) is 14.8. The van der Waals surface area contributed by atoms with Gasteiger partial charge >= 0.3 is 5.69 Å². The standard InChI is InChI=1S/C24H36N6O2/c1-4-21-22(30(31)32)23(26-5-2)28-24(27-21)29(20-12-10-19(16-25)11-13-20)15-14-18-8-6-17(3)7-9-18/h6-9,19-20H,4-5,10-16,25H2,1-3H3,(H,26,27,28). The van der Waals surface area contributed by atoms with Crippen molar-refractivity contribution in [2.24, 2.45) is 11.7 Å². The van der Waals surface area contributed by atoms with Gasteiger partial charge in [-0.2, -0.15) is 4.98 Å². The summed E-state index contributed by atoms with van der Waals surface area (Å²) in [5.74, 6) is 1.48. The summed E-state index contributed by atoms with van der Waals surface area (Å²) in [6.45, 7) is 7.97. The fraction of sp³-hybridized carbons (Fsp3) is 0.583. The van der Waals surface area contributed by atoms with Crippen LogP contribution in [-0.2, 0) is 12.8 Å². The first-order chi connectivity index (χ1) is 15.5. The fourth-order valence-corrected chi connectivity index (χ4v) is 4.49. The van der Waals surface area contributed by atoms with Crippen molar-refractivity contribution in [3.8, 4) is 0 Å². The minimum atomic E-state index is -0.371. The minimum absolute atomic E-state index is 0.0107. The van der Waals surface area contributed by atoms with Gasteiger partial charge in [-0.05, 0) is 70.4 Å². The largest absolute Gasteiger partial charge is 0.364 e. The average molecular weight is 441 g/mol. The molecule has 0 aliphatic heterocycles. The molecule has 174 valence electrons. The predicted molar refractivity (Wildman–Crippen MR) is 129 cm³/mol. The SMILES string of the molecule is CCNc1nc(N(CCc2ccc(C)cc2)C2CCC(CN)CC2)nc(CC)c1[N+](=O)[O-]. The van der Waals surface area contributed by atoms with Crippen molar-refractivity contribution >= 4 is 17.5 Å². The summed E-state index contributed by atoms with van der Waals surface area (Å²) in [5.41, 5.74) is 8.88. The molecule has 1 aliphatic carbocycles. The van der Waals surface area contributed by atoms with Gasteiger partial charge in [-0.1, -0.05) is 36.8 Å². The smallest absolute Gasteiger partial charge is 0.332 e. The van der Waals surface area contributed by atoms with Gasteiger partial charge in [0, 0.05) is 19.1 Å². The van der Waals surface area contributed by atoms with E-state index in [1.54, 1.807) is 0 Å². The summed E-state index contributed by atoms with van der Waals surface area (Å²) in [6.07, 6.45) is 5.61. The van der Waals surface area contributed by atoms with E-state index in [4.69, 9.17) is 10.7 Å². The van der Waals surface area contributed by atoms with Crippen molar-refractivity contribution in [3.05, 3.63) is 51.2 Å². The molecule has 0 saturated heterocycles. The van der Waals surface area contributed by atoms with E-state index >= 15 is 0 Å². The number of nitro groups is 1. The molecule has 8 heteroatoms. The summed E-state index contributed by atoms with van der Waals surface area (Å²) in [4.78, 5) is 23.0. The number of aryl methyl sites for hydroxylation is 2. The second kappa shape index (κ2) is 11.2. The molecule has 0 unspecified atom stereocenters. The van der Waals surface area contributed by atoms with Gasteiger partial charge in [0.2, 0.25) is 11.8 Å². The number of aromatic nitrogens is 2. The number of rotatable bonds is 10. The van der Waals surface area contributed by atoms with Gasteiger partial charge in [0.1, 0.15) is 5.69 Å². The molecule has 1 aromatic heterocycles. The molecule has 8 nitrogen and oxygen atoms in total. The summed E-state index contributed by atoms with van der Waals surface area (Å²) in [6, 6.07) is 8.90. The molecule has 1 heterocycles. The van der Waals surface area contributed by atoms with Gasteiger partial charge < -0.3 is 16.0 Å². The van der Waals surface area contributed by atoms with E-state index in [9.17, 15) is 10.1 Å². The van der Waals surface area contributed by atoms with Crippen LogP contribution in [0.25, 0.3) is 0 Å². The molecule has 3 N–H and O–H groups in total. The molecule has 0 bridgehead atoms. The van der Waals surface area contributed by atoms with Crippen molar-refractivity contribution in [1.82, 2.24) is 9.97 Å². The van der Waals surface area contributed by atoms with Gasteiger partial charge in [0.15, 0.2) is 0 Å². The summed E-state index contributed by atoms with van der Waals surface area (Å²) < 4.78 is 0. The van der Waals surface area contributed by atoms with Crippen LogP contribution < -0.4 is 16.0 Å². The van der Waals surface area contributed by atoms with Gasteiger partial charge in [-0.25, -0.2) is 4.98 Å². The molecular weight excluding hydrogens is 404 g/mol. The van der Waals surface area contributed by atoms with E-state index in [2.05, 4.69) is 46.4 Å². The van der Waals surface area contributed by atoms with Crippen molar-refractivity contribution in [3.63, 3.8) is 0 Å². The third-order valence-electron chi connectivity index (χ3n) is 6.42. The Morgan fingerprint density at radius 2 is 1.84 bits per heavy atom. The highest BCUT2D eigenvalue weighted by molar-refractivity contribution is 5.61. The van der Waals surface area contributed by atoms with Crippen LogP contribution >= 0.6 is 0 Å². The molecule has 0 spiro atoms. The van der Waals surface area contributed by atoms with Crippen LogP contribution in [0.4, 0.5) is 17.5 Å². The highest BCUT2D eigenvalue weighted by Crippen LogP contribution is 2.33. The first kappa shape index (κ1) is 23.9. The van der Waals surface area contributed by atoms with Gasteiger partial charge in [0.05, 0.1) is 4.92 Å². The number of nitrogens with zero attached hydrogens (tertiary/aromatic N) is 4. The van der Waals surface area contributed by atoms with Gasteiger partial charge in [-0.15, -0.1) is 0 Å². The first-order valence-corrected chi connectivity index (χ1v) is 11.8. The lowest BCUT2D eigenvalue weighted by Gasteiger charge is -2.37. The number of nitrogens with two attached hydrogens (primary N) is 1. The number of hydrogen-bond acceptors (Lipinski definition) is 7. The molecule has 32 heavy (non-hydrogen) atoms. The lowest BCUT2D eigenvalue weighted by Crippen LogP contribution is -2.41. The molecule has 1 fully saturated rings. The van der Waals surface area contributed by atoms with Crippen molar-refractivity contribution < 1.29 is 4.92 Å². The number of hydrogen-bond donors (Lipinski definition) is 2. The molecule has 0 amide bonds. The summed E-state index contributed by atoms with van der Waals surface area (Å²) >= 11 is 0. The van der Waals surface area contributed by atoms with Crippen LogP contribution in [0.5, 0.6) is 0 Å². The van der Waals surface area contributed by atoms with Crippen LogP contribution in [0, 0.1) is 23.0 Å². The molecule has 1 aliphatic rings. The lowest BCUT2D eigenvalue weighted by molar-refractivity contribution is -0.385. The fourth-order valence-electron chi connectivity index (χ4n) is 4.49. The van der Waals surface area contributed by atoms with Gasteiger partial charge in [0.25, 0.3) is 0 Å². The number of nitrogens with one attached hydrogen (secondary N) is 1. The Balaban J connectivity index is 1.94. The first-order valence-electron chi connectivity index (χ1n) is 11.8. The molecule has 3 rings (SSSR count). The quantitative estimate of drug-likeness (QED) is 0.420. The molecule has 1 aromatic carbocycles. The highest BCUT2D eigenvalue weighted by Gasteiger charge is 2.30. The van der Waals surface area contributed by atoms with E-state index in [-0.39, 0.29) is 10.6 Å². The van der Waals surface area contributed by atoms with E-state index in [0.29, 0.717) is 42.4 Å². The van der Waals surface area contributed by atoms with Crippen LogP contribution in [0.15, 0.2) is 24.3 Å². The molecular formula is C24H36N6O2. The number of anilines is 2. The molecule has 0 radical (unpaired) electrons. The Bertz CT molecular complexity index is 894. The predicted octanol–water partition coefficient (Wildman–Crippen LogP) is 4.25. The van der Waals surface area contributed by atoms with Gasteiger partial charge in [-0.3, -0.25) is 10.1 Å². The minimum Gasteiger partial charge on any atom is -0.364 e.